The first-order chi connectivity index (χ1) is 4.31. The summed E-state index contributed by atoms with van der Waals surface area (Å²) in [7, 11) is 1.65. The molecule has 0 spiro atoms. The molecule has 0 N–H and O–H groups in total. The van der Waals surface area contributed by atoms with Crippen LogP contribution in [0.2, 0.25) is 0 Å². The van der Waals surface area contributed by atoms with Gasteiger partial charge < -0.3 is 0 Å². The number of hydrogen-bond donors (Lipinski definition) is 1. The molecule has 1 atom stereocenters. The van der Waals surface area contributed by atoms with Gasteiger partial charge in [-0.3, -0.25) is 0 Å². The summed E-state index contributed by atoms with van der Waals surface area (Å²) in [4.78, 5) is 0. The molecular weight excluding hydrogens is 148 g/mol. The topological polar surface area (TPSA) is 0 Å². The Morgan fingerprint density at radius 2 is 2.11 bits per heavy atom. The lowest BCUT2D eigenvalue weighted by Gasteiger charge is -2.06. The highest BCUT2D eigenvalue weighted by Crippen LogP contribution is 2.15. The molecule has 56 valence electrons. The molecule has 0 saturated carbocycles. The van der Waals surface area contributed by atoms with Gasteiger partial charge in [0.15, 0.2) is 0 Å². The van der Waals surface area contributed by atoms with Crippen LogP contribution >= 0.6 is 22.5 Å². The molecule has 2 heteroatoms. The highest BCUT2D eigenvalue weighted by molar-refractivity contribution is 8.68. The summed E-state index contributed by atoms with van der Waals surface area (Å²) in [5.74, 6) is 2.10. The largest absolute Gasteiger partial charge is 0.111 e. The summed E-state index contributed by atoms with van der Waals surface area (Å²) in [6, 6.07) is 0. The van der Waals surface area contributed by atoms with Gasteiger partial charge in [0.1, 0.15) is 0 Å². The molecule has 0 fully saturated rings. The molecule has 0 saturated heterocycles. The van der Waals surface area contributed by atoms with Crippen molar-refractivity contribution < 1.29 is 0 Å². The Labute approximate surface area is 67.6 Å². The predicted molar refractivity (Wildman–Crippen MR) is 50.1 cm³/mol. The zero-order chi connectivity index (χ0) is 7.11. The van der Waals surface area contributed by atoms with Crippen molar-refractivity contribution in [3.63, 3.8) is 0 Å². The first kappa shape index (κ1) is 9.70. The fourth-order valence-corrected chi connectivity index (χ4v) is 1.72. The fourth-order valence-electron chi connectivity index (χ4n) is 0.891. The molecule has 0 aliphatic heterocycles. The zero-order valence-corrected chi connectivity index (χ0v) is 7.97. The first-order valence-electron chi connectivity index (χ1n) is 3.57. The molecule has 9 heavy (non-hydrogen) atoms. The van der Waals surface area contributed by atoms with Gasteiger partial charge >= 0.3 is 0 Å². The van der Waals surface area contributed by atoms with Crippen molar-refractivity contribution in [1.29, 1.82) is 0 Å². The van der Waals surface area contributed by atoms with Crippen LogP contribution in [0.1, 0.15) is 33.1 Å². The third-order valence-electron chi connectivity index (χ3n) is 1.48. The minimum absolute atomic E-state index is 0.898. The Hall–Kier alpha value is 0.700. The molecule has 0 nitrogen and oxygen atoms in total. The fraction of sp³-hybridized carbons (Fsp3) is 1.00. The normalized spacial score (nSPS) is 13.7. The van der Waals surface area contributed by atoms with Gasteiger partial charge in [-0.1, -0.05) is 37.5 Å². The molecule has 0 radical (unpaired) electrons. The molecule has 0 aromatic heterocycles. The van der Waals surface area contributed by atoms with Crippen LogP contribution < -0.4 is 0 Å². The summed E-state index contributed by atoms with van der Waals surface area (Å²) in [5, 5.41) is 0. The number of hydrogen-bond acceptors (Lipinski definition) is 2. The molecule has 0 amide bonds. The average Bonchev–Trinajstić information content (AvgIpc) is 1.85. The van der Waals surface area contributed by atoms with E-state index in [1.165, 1.54) is 25.0 Å². The molecule has 0 aromatic rings. The molecule has 0 heterocycles. The quantitative estimate of drug-likeness (QED) is 0.480. The second kappa shape index (κ2) is 6.81. The third-order valence-corrected chi connectivity index (χ3v) is 2.45. The zero-order valence-electron chi connectivity index (χ0n) is 6.26. The molecule has 0 rings (SSSR count). The van der Waals surface area contributed by atoms with Crippen LogP contribution in [-0.4, -0.2) is 5.75 Å². The van der Waals surface area contributed by atoms with E-state index in [0.717, 1.165) is 5.92 Å². The Balaban J connectivity index is 2.95. The Kier molecular flexibility index (Phi) is 7.34. The highest BCUT2D eigenvalue weighted by Gasteiger charge is 1.97. The van der Waals surface area contributed by atoms with Crippen molar-refractivity contribution in [3.05, 3.63) is 0 Å². The summed E-state index contributed by atoms with van der Waals surface area (Å²) < 4.78 is 0. The SMILES string of the molecule is CCCC(C)CCSS. The maximum Gasteiger partial charge on any atom is 0.00370 e. The van der Waals surface area contributed by atoms with E-state index in [1.807, 2.05) is 0 Å². The minimum atomic E-state index is 0.898. The second-order valence-electron chi connectivity index (χ2n) is 2.52. The van der Waals surface area contributed by atoms with Crippen LogP contribution in [0.4, 0.5) is 0 Å². The van der Waals surface area contributed by atoms with E-state index >= 15 is 0 Å². The maximum atomic E-state index is 4.08. The summed E-state index contributed by atoms with van der Waals surface area (Å²) in [6.45, 7) is 4.55. The van der Waals surface area contributed by atoms with Crippen LogP contribution in [0, 0.1) is 5.92 Å². The molecule has 0 aliphatic carbocycles. The molecule has 0 aromatic carbocycles. The van der Waals surface area contributed by atoms with Crippen molar-refractivity contribution in [2.75, 3.05) is 5.75 Å². The van der Waals surface area contributed by atoms with E-state index in [9.17, 15) is 0 Å². The van der Waals surface area contributed by atoms with Crippen molar-refractivity contribution in [2.45, 2.75) is 33.1 Å². The van der Waals surface area contributed by atoms with Crippen LogP contribution in [-0.2, 0) is 0 Å². The van der Waals surface area contributed by atoms with Crippen LogP contribution in [0.25, 0.3) is 0 Å². The van der Waals surface area contributed by atoms with Gasteiger partial charge in [0, 0.05) is 5.75 Å². The standard InChI is InChI=1S/C7H16S2/c1-3-4-7(2)5-6-9-8/h7-8H,3-6H2,1-2H3. The summed E-state index contributed by atoms with van der Waals surface area (Å²) in [5.41, 5.74) is 0. The van der Waals surface area contributed by atoms with Gasteiger partial charge in [0.2, 0.25) is 0 Å². The average molecular weight is 164 g/mol. The molecule has 0 bridgehead atoms. The van der Waals surface area contributed by atoms with E-state index < -0.39 is 0 Å². The van der Waals surface area contributed by atoms with E-state index in [2.05, 4.69) is 25.5 Å². The van der Waals surface area contributed by atoms with E-state index in [1.54, 1.807) is 10.8 Å². The minimum Gasteiger partial charge on any atom is -0.111 e. The Morgan fingerprint density at radius 3 is 2.56 bits per heavy atom. The maximum absolute atomic E-state index is 4.08. The van der Waals surface area contributed by atoms with Gasteiger partial charge in [0.25, 0.3) is 0 Å². The van der Waals surface area contributed by atoms with E-state index in [4.69, 9.17) is 0 Å². The monoisotopic (exact) mass is 164 g/mol. The smallest absolute Gasteiger partial charge is 0.00370 e. The van der Waals surface area contributed by atoms with Crippen LogP contribution in [0.5, 0.6) is 0 Å². The Bertz CT molecular complexity index is 54.9. The molecule has 1 unspecified atom stereocenters. The molecule has 0 aliphatic rings. The van der Waals surface area contributed by atoms with Gasteiger partial charge in [-0.25, -0.2) is 0 Å². The number of rotatable bonds is 5. The van der Waals surface area contributed by atoms with Gasteiger partial charge in [-0.05, 0) is 12.3 Å². The molecular formula is C7H16S2. The first-order valence-corrected chi connectivity index (χ1v) is 5.61. The van der Waals surface area contributed by atoms with Gasteiger partial charge in [-0.2, -0.15) is 0 Å². The van der Waals surface area contributed by atoms with Crippen LogP contribution in [0.15, 0.2) is 0 Å². The van der Waals surface area contributed by atoms with Crippen molar-refractivity contribution in [1.82, 2.24) is 0 Å². The van der Waals surface area contributed by atoms with Gasteiger partial charge in [-0.15, -0.1) is 11.7 Å². The lowest BCUT2D eigenvalue weighted by molar-refractivity contribution is 0.513. The Morgan fingerprint density at radius 1 is 1.44 bits per heavy atom. The van der Waals surface area contributed by atoms with Crippen molar-refractivity contribution in [2.24, 2.45) is 5.92 Å². The highest BCUT2D eigenvalue weighted by atomic mass is 33.1. The van der Waals surface area contributed by atoms with Gasteiger partial charge in [0.05, 0.1) is 0 Å². The van der Waals surface area contributed by atoms with Crippen molar-refractivity contribution >= 4 is 22.5 Å². The van der Waals surface area contributed by atoms with E-state index in [-0.39, 0.29) is 0 Å². The lowest BCUT2D eigenvalue weighted by Crippen LogP contribution is -1.94. The predicted octanol–water partition coefficient (Wildman–Crippen LogP) is 3.39. The van der Waals surface area contributed by atoms with Crippen molar-refractivity contribution in [3.8, 4) is 0 Å². The summed E-state index contributed by atoms with van der Waals surface area (Å²) >= 11 is 4.08. The summed E-state index contributed by atoms with van der Waals surface area (Å²) in [6.07, 6.45) is 4.01. The number of thiol groups is 1. The van der Waals surface area contributed by atoms with E-state index in [0.29, 0.717) is 0 Å². The lowest BCUT2D eigenvalue weighted by atomic mass is 10.0. The third kappa shape index (κ3) is 6.59. The second-order valence-corrected chi connectivity index (χ2v) is 3.96. The van der Waals surface area contributed by atoms with Crippen LogP contribution in [0.3, 0.4) is 0 Å².